The van der Waals surface area contributed by atoms with Crippen molar-refractivity contribution < 1.29 is 4.39 Å². The second-order valence-corrected chi connectivity index (χ2v) is 3.29. The molecule has 0 bridgehead atoms. The van der Waals surface area contributed by atoms with Crippen molar-refractivity contribution in [2.24, 2.45) is 0 Å². The molecule has 0 radical (unpaired) electrons. The van der Waals surface area contributed by atoms with Crippen LogP contribution in [-0.4, -0.2) is 15.0 Å². The molecule has 68 valence electrons. The van der Waals surface area contributed by atoms with Crippen LogP contribution in [0.1, 0.15) is 25.5 Å². The molecule has 4 heteroatoms. The summed E-state index contributed by atoms with van der Waals surface area (Å²) in [6.07, 6.45) is 1.45. The van der Waals surface area contributed by atoms with Gasteiger partial charge in [-0.25, -0.2) is 9.97 Å². The lowest BCUT2D eigenvalue weighted by Gasteiger charge is -2.03. The lowest BCUT2D eigenvalue weighted by Crippen LogP contribution is -1.93. The van der Waals surface area contributed by atoms with Crippen LogP contribution in [0.4, 0.5) is 4.39 Å². The highest BCUT2D eigenvalue weighted by Crippen LogP contribution is 2.21. The Bertz CT molecular complexity index is 433. The molecule has 0 spiro atoms. The predicted octanol–water partition coefficient (Wildman–Crippen LogP) is 2.22. The molecular weight excluding hydrogens is 169 g/mol. The number of fused-ring (bicyclic) bond motifs is 1. The van der Waals surface area contributed by atoms with Crippen LogP contribution in [-0.2, 0) is 0 Å². The number of hydrogen-bond acceptors (Lipinski definition) is 2. The fourth-order valence-electron chi connectivity index (χ4n) is 1.39. The number of rotatable bonds is 1. The van der Waals surface area contributed by atoms with Crippen LogP contribution < -0.4 is 0 Å². The van der Waals surface area contributed by atoms with E-state index < -0.39 is 0 Å². The van der Waals surface area contributed by atoms with E-state index >= 15 is 0 Å². The van der Waals surface area contributed by atoms with E-state index in [-0.39, 0.29) is 11.9 Å². The van der Waals surface area contributed by atoms with Gasteiger partial charge in [-0.15, -0.1) is 0 Å². The van der Waals surface area contributed by atoms with Gasteiger partial charge in [0.15, 0.2) is 5.95 Å². The van der Waals surface area contributed by atoms with Crippen LogP contribution in [0.2, 0.25) is 0 Å². The summed E-state index contributed by atoms with van der Waals surface area (Å²) in [5, 5.41) is 0.773. The Morgan fingerprint density at radius 2 is 2.15 bits per heavy atom. The van der Waals surface area contributed by atoms with Crippen LogP contribution in [0.25, 0.3) is 11.0 Å². The maximum Gasteiger partial charge on any atom is 0.193 e. The van der Waals surface area contributed by atoms with Crippen molar-refractivity contribution in [3.8, 4) is 0 Å². The lowest BCUT2D eigenvalue weighted by atomic mass is 10.1. The molecule has 0 atom stereocenters. The third kappa shape index (κ3) is 1.28. The topological polar surface area (TPSA) is 41.6 Å². The lowest BCUT2D eigenvalue weighted by molar-refractivity contribution is 0.594. The molecule has 0 fully saturated rings. The average Bonchev–Trinajstić information content (AvgIpc) is 2.43. The number of halogens is 1. The van der Waals surface area contributed by atoms with Gasteiger partial charge in [-0.1, -0.05) is 13.8 Å². The first-order valence-electron chi connectivity index (χ1n) is 4.17. The molecule has 3 nitrogen and oxygen atoms in total. The minimum Gasteiger partial charge on any atom is -0.316 e. The summed E-state index contributed by atoms with van der Waals surface area (Å²) in [5.74, 6) is -0.0851. The van der Waals surface area contributed by atoms with E-state index in [1.54, 1.807) is 0 Å². The Morgan fingerprint density at radius 1 is 1.38 bits per heavy atom. The molecule has 2 aromatic rings. The van der Waals surface area contributed by atoms with E-state index in [0.29, 0.717) is 5.65 Å². The molecule has 0 aromatic carbocycles. The van der Waals surface area contributed by atoms with Gasteiger partial charge >= 0.3 is 0 Å². The molecule has 0 saturated carbocycles. The van der Waals surface area contributed by atoms with Crippen molar-refractivity contribution in [1.29, 1.82) is 0 Å². The predicted molar refractivity (Wildman–Crippen MR) is 47.9 cm³/mol. The molecule has 2 rings (SSSR count). The van der Waals surface area contributed by atoms with Crippen LogP contribution in [0.5, 0.6) is 0 Å². The first kappa shape index (κ1) is 8.16. The molecule has 1 N–H and O–H groups in total. The van der Waals surface area contributed by atoms with Crippen LogP contribution in [0.3, 0.4) is 0 Å². The summed E-state index contributed by atoms with van der Waals surface area (Å²) < 4.78 is 12.8. The number of aromatic amines is 1. The quantitative estimate of drug-likeness (QED) is 0.729. The number of hydrogen-bond donors (Lipinski definition) is 1. The van der Waals surface area contributed by atoms with Crippen molar-refractivity contribution in [2.75, 3.05) is 0 Å². The Kier molecular flexibility index (Phi) is 1.76. The molecule has 2 heterocycles. The molecule has 13 heavy (non-hydrogen) atoms. The van der Waals surface area contributed by atoms with Gasteiger partial charge in [-0.05, 0) is 5.92 Å². The summed E-state index contributed by atoms with van der Waals surface area (Å²) in [6, 6.07) is 1.44. The van der Waals surface area contributed by atoms with Crippen molar-refractivity contribution in [3.05, 3.63) is 24.0 Å². The Morgan fingerprint density at radius 3 is 2.85 bits per heavy atom. The largest absolute Gasteiger partial charge is 0.316 e. The first-order valence-corrected chi connectivity index (χ1v) is 4.17. The zero-order valence-electron chi connectivity index (χ0n) is 7.50. The number of aromatic nitrogens is 3. The van der Waals surface area contributed by atoms with Crippen molar-refractivity contribution in [1.82, 2.24) is 15.0 Å². The van der Waals surface area contributed by atoms with Gasteiger partial charge in [-0.3, -0.25) is 0 Å². The summed E-state index contributed by atoms with van der Waals surface area (Å²) in [6.45, 7) is 4.04. The summed E-state index contributed by atoms with van der Waals surface area (Å²) in [7, 11) is 0. The number of nitrogens with one attached hydrogen (secondary N) is 1. The molecule has 0 aliphatic carbocycles. The maximum atomic E-state index is 12.8. The van der Waals surface area contributed by atoms with E-state index in [1.165, 1.54) is 12.4 Å². The van der Waals surface area contributed by atoms with E-state index in [1.807, 2.05) is 13.8 Å². The zero-order chi connectivity index (χ0) is 9.42. The maximum absolute atomic E-state index is 12.8. The van der Waals surface area contributed by atoms with E-state index in [2.05, 4.69) is 15.0 Å². The molecule has 2 aromatic heterocycles. The highest BCUT2D eigenvalue weighted by atomic mass is 19.1. The van der Waals surface area contributed by atoms with Crippen molar-refractivity contribution in [2.45, 2.75) is 19.8 Å². The second-order valence-electron chi connectivity index (χ2n) is 3.29. The molecule has 0 aliphatic rings. The van der Waals surface area contributed by atoms with E-state index in [4.69, 9.17) is 0 Å². The molecular formula is C9H10FN3. The monoisotopic (exact) mass is 179 g/mol. The van der Waals surface area contributed by atoms with Crippen LogP contribution >= 0.6 is 0 Å². The molecule has 0 saturated heterocycles. The standard InChI is InChI=1S/C9H10FN3/c1-5(2)8-6-3-7(10)13-9(6)12-4-11-8/h3-5H,1-2H3,(H,11,12,13). The fraction of sp³-hybridized carbons (Fsp3) is 0.333. The van der Waals surface area contributed by atoms with E-state index in [0.717, 1.165) is 11.1 Å². The highest BCUT2D eigenvalue weighted by Gasteiger charge is 2.09. The van der Waals surface area contributed by atoms with Crippen molar-refractivity contribution >= 4 is 11.0 Å². The van der Waals surface area contributed by atoms with Crippen LogP contribution in [0.15, 0.2) is 12.4 Å². The van der Waals surface area contributed by atoms with Gasteiger partial charge in [-0.2, -0.15) is 4.39 Å². The van der Waals surface area contributed by atoms with Gasteiger partial charge in [0.1, 0.15) is 12.0 Å². The number of H-pyrrole nitrogens is 1. The summed E-state index contributed by atoms with van der Waals surface area (Å²) in [4.78, 5) is 10.6. The molecule has 0 unspecified atom stereocenters. The van der Waals surface area contributed by atoms with Gasteiger partial charge in [0.05, 0.1) is 5.69 Å². The molecule has 0 aliphatic heterocycles. The normalized spacial score (nSPS) is 11.4. The zero-order valence-corrected chi connectivity index (χ0v) is 7.50. The minimum atomic E-state index is -0.364. The fourth-order valence-corrected chi connectivity index (χ4v) is 1.39. The average molecular weight is 179 g/mol. The second kappa shape index (κ2) is 2.80. The van der Waals surface area contributed by atoms with Gasteiger partial charge in [0, 0.05) is 11.5 Å². The van der Waals surface area contributed by atoms with Gasteiger partial charge in [0.2, 0.25) is 0 Å². The van der Waals surface area contributed by atoms with Gasteiger partial charge < -0.3 is 4.98 Å². The SMILES string of the molecule is CC(C)c1ncnc2[nH]c(F)cc12. The van der Waals surface area contributed by atoms with E-state index in [9.17, 15) is 4.39 Å². The summed E-state index contributed by atoms with van der Waals surface area (Å²) in [5.41, 5.74) is 1.45. The Hall–Kier alpha value is -1.45. The van der Waals surface area contributed by atoms with Gasteiger partial charge in [0.25, 0.3) is 0 Å². The highest BCUT2D eigenvalue weighted by molar-refractivity contribution is 5.78. The molecule has 0 amide bonds. The Balaban J connectivity index is 2.75. The summed E-state index contributed by atoms with van der Waals surface area (Å²) >= 11 is 0. The minimum absolute atomic E-state index is 0.278. The van der Waals surface area contributed by atoms with Crippen LogP contribution in [0, 0.1) is 5.95 Å². The third-order valence-corrected chi connectivity index (χ3v) is 1.97. The van der Waals surface area contributed by atoms with Crippen molar-refractivity contribution in [3.63, 3.8) is 0 Å². The smallest absolute Gasteiger partial charge is 0.193 e. The third-order valence-electron chi connectivity index (χ3n) is 1.97. The number of nitrogens with zero attached hydrogens (tertiary/aromatic N) is 2. The first-order chi connectivity index (χ1) is 6.18. The Labute approximate surface area is 75.0 Å².